The molecule has 1 aromatic carbocycles. The van der Waals surface area contributed by atoms with Gasteiger partial charge >= 0.3 is 0 Å². The van der Waals surface area contributed by atoms with Crippen LogP contribution >= 0.6 is 0 Å². The number of hydrazone groups is 1. The lowest BCUT2D eigenvalue weighted by Gasteiger charge is -1.93. The summed E-state index contributed by atoms with van der Waals surface area (Å²) in [5.74, 6) is -0.258. The molecule has 0 saturated heterocycles. The molecule has 11 heavy (non-hydrogen) atoms. The molecule has 0 spiro atoms. The van der Waals surface area contributed by atoms with Crippen molar-refractivity contribution in [2.45, 2.75) is 0 Å². The highest BCUT2D eigenvalue weighted by molar-refractivity contribution is 5.79. The standard InChI is InChI=1S/C8H9FN2/c1-10-11-6-7-4-2-3-5-8(7)9/h2-6,10H,1H3/b11-6+. The lowest BCUT2D eigenvalue weighted by molar-refractivity contribution is 0.625. The van der Waals surface area contributed by atoms with Crippen molar-refractivity contribution in [2.75, 3.05) is 7.05 Å². The van der Waals surface area contributed by atoms with Gasteiger partial charge in [0, 0.05) is 12.6 Å². The Kier molecular flexibility index (Phi) is 2.60. The molecule has 0 aliphatic rings. The van der Waals surface area contributed by atoms with Gasteiger partial charge in [-0.3, -0.25) is 0 Å². The Morgan fingerprint density at radius 2 is 2.18 bits per heavy atom. The summed E-state index contributed by atoms with van der Waals surface area (Å²) < 4.78 is 12.8. The van der Waals surface area contributed by atoms with Gasteiger partial charge in [-0.15, -0.1) is 0 Å². The monoisotopic (exact) mass is 152 g/mol. The Balaban J connectivity index is 2.86. The fraction of sp³-hybridized carbons (Fsp3) is 0.125. The van der Waals surface area contributed by atoms with E-state index in [4.69, 9.17) is 0 Å². The SMILES string of the molecule is CN/N=C/c1ccccc1F. The lowest BCUT2D eigenvalue weighted by atomic mass is 10.2. The molecule has 0 atom stereocenters. The van der Waals surface area contributed by atoms with Gasteiger partial charge in [0.05, 0.1) is 6.21 Å². The predicted molar refractivity (Wildman–Crippen MR) is 43.1 cm³/mol. The van der Waals surface area contributed by atoms with Crippen molar-refractivity contribution in [3.05, 3.63) is 35.6 Å². The zero-order chi connectivity index (χ0) is 8.10. The maximum Gasteiger partial charge on any atom is 0.132 e. The summed E-state index contributed by atoms with van der Waals surface area (Å²) in [6.07, 6.45) is 1.44. The molecular formula is C8H9FN2. The van der Waals surface area contributed by atoms with E-state index in [0.29, 0.717) is 5.56 Å². The lowest BCUT2D eigenvalue weighted by Crippen LogP contribution is -1.96. The molecule has 0 bridgehead atoms. The number of nitrogens with one attached hydrogen (secondary N) is 1. The second-order valence-electron chi connectivity index (χ2n) is 2.00. The highest BCUT2D eigenvalue weighted by atomic mass is 19.1. The number of nitrogens with zero attached hydrogens (tertiary/aromatic N) is 1. The number of benzene rings is 1. The van der Waals surface area contributed by atoms with E-state index in [0.717, 1.165) is 0 Å². The van der Waals surface area contributed by atoms with Gasteiger partial charge in [0.2, 0.25) is 0 Å². The highest BCUT2D eigenvalue weighted by Crippen LogP contribution is 2.02. The van der Waals surface area contributed by atoms with E-state index < -0.39 is 0 Å². The Morgan fingerprint density at radius 3 is 2.82 bits per heavy atom. The molecule has 0 saturated carbocycles. The van der Waals surface area contributed by atoms with Crippen LogP contribution in [0.15, 0.2) is 29.4 Å². The molecule has 58 valence electrons. The van der Waals surface area contributed by atoms with E-state index in [-0.39, 0.29) is 5.82 Å². The van der Waals surface area contributed by atoms with Crippen molar-refractivity contribution in [2.24, 2.45) is 5.10 Å². The third kappa shape index (κ3) is 2.04. The summed E-state index contributed by atoms with van der Waals surface area (Å²) in [5.41, 5.74) is 3.03. The quantitative estimate of drug-likeness (QED) is 0.502. The fourth-order valence-electron chi connectivity index (χ4n) is 0.714. The fourth-order valence-corrected chi connectivity index (χ4v) is 0.714. The first-order valence-corrected chi connectivity index (χ1v) is 3.29. The third-order valence-electron chi connectivity index (χ3n) is 1.24. The number of halogens is 1. The van der Waals surface area contributed by atoms with Crippen LogP contribution in [-0.4, -0.2) is 13.3 Å². The summed E-state index contributed by atoms with van der Waals surface area (Å²) >= 11 is 0. The van der Waals surface area contributed by atoms with Crippen molar-refractivity contribution in [1.29, 1.82) is 0 Å². The van der Waals surface area contributed by atoms with E-state index in [1.807, 2.05) is 0 Å². The van der Waals surface area contributed by atoms with Crippen LogP contribution < -0.4 is 5.43 Å². The summed E-state index contributed by atoms with van der Waals surface area (Å²) in [4.78, 5) is 0. The van der Waals surface area contributed by atoms with Gasteiger partial charge < -0.3 is 5.43 Å². The summed E-state index contributed by atoms with van der Waals surface area (Å²) in [6, 6.07) is 6.47. The van der Waals surface area contributed by atoms with E-state index in [1.54, 1.807) is 25.2 Å². The smallest absolute Gasteiger partial charge is 0.132 e. The maximum atomic E-state index is 12.8. The van der Waals surface area contributed by atoms with Crippen LogP contribution in [0.3, 0.4) is 0 Å². The normalized spacial score (nSPS) is 10.4. The maximum absolute atomic E-state index is 12.8. The van der Waals surface area contributed by atoms with Crippen molar-refractivity contribution in [3.8, 4) is 0 Å². The van der Waals surface area contributed by atoms with Gasteiger partial charge in [0.15, 0.2) is 0 Å². The van der Waals surface area contributed by atoms with Crippen molar-refractivity contribution in [1.82, 2.24) is 5.43 Å². The second kappa shape index (κ2) is 3.71. The Hall–Kier alpha value is -1.38. The molecule has 0 aliphatic heterocycles. The first kappa shape index (κ1) is 7.72. The Bertz CT molecular complexity index is 258. The van der Waals surface area contributed by atoms with Crippen LogP contribution in [0.5, 0.6) is 0 Å². The van der Waals surface area contributed by atoms with Crippen molar-refractivity contribution >= 4 is 6.21 Å². The zero-order valence-corrected chi connectivity index (χ0v) is 6.21. The van der Waals surface area contributed by atoms with Crippen LogP contribution in [0, 0.1) is 5.82 Å². The van der Waals surface area contributed by atoms with Gasteiger partial charge in [-0.25, -0.2) is 4.39 Å². The molecule has 0 aliphatic carbocycles. The van der Waals surface area contributed by atoms with Gasteiger partial charge in [-0.1, -0.05) is 18.2 Å². The van der Waals surface area contributed by atoms with E-state index >= 15 is 0 Å². The zero-order valence-electron chi connectivity index (χ0n) is 6.21. The molecule has 0 unspecified atom stereocenters. The molecular weight excluding hydrogens is 143 g/mol. The van der Waals surface area contributed by atoms with Crippen LogP contribution in [0.4, 0.5) is 4.39 Å². The molecule has 1 rings (SSSR count). The molecule has 1 aromatic rings. The molecule has 0 radical (unpaired) electrons. The molecule has 0 heterocycles. The van der Waals surface area contributed by atoms with Gasteiger partial charge in [0.1, 0.15) is 5.82 Å². The number of hydrogen-bond acceptors (Lipinski definition) is 2. The average molecular weight is 152 g/mol. The Labute approximate surface area is 64.7 Å². The summed E-state index contributed by atoms with van der Waals surface area (Å²) in [5, 5.41) is 3.69. The van der Waals surface area contributed by atoms with Crippen LogP contribution in [-0.2, 0) is 0 Å². The van der Waals surface area contributed by atoms with Gasteiger partial charge in [0.25, 0.3) is 0 Å². The van der Waals surface area contributed by atoms with E-state index in [9.17, 15) is 4.39 Å². The first-order chi connectivity index (χ1) is 5.34. The average Bonchev–Trinajstić information content (AvgIpc) is 2.03. The van der Waals surface area contributed by atoms with Gasteiger partial charge in [-0.05, 0) is 6.07 Å². The van der Waals surface area contributed by atoms with Crippen molar-refractivity contribution < 1.29 is 4.39 Å². The molecule has 2 nitrogen and oxygen atoms in total. The van der Waals surface area contributed by atoms with Crippen LogP contribution in [0.1, 0.15) is 5.56 Å². The minimum absolute atomic E-state index is 0.258. The van der Waals surface area contributed by atoms with E-state index in [1.165, 1.54) is 12.3 Å². The first-order valence-electron chi connectivity index (χ1n) is 3.29. The molecule has 0 fully saturated rings. The van der Waals surface area contributed by atoms with E-state index in [2.05, 4.69) is 10.5 Å². The Morgan fingerprint density at radius 1 is 1.45 bits per heavy atom. The van der Waals surface area contributed by atoms with Gasteiger partial charge in [-0.2, -0.15) is 5.10 Å². The minimum Gasteiger partial charge on any atom is -0.313 e. The van der Waals surface area contributed by atoms with Crippen LogP contribution in [0.2, 0.25) is 0 Å². The largest absolute Gasteiger partial charge is 0.313 e. The summed E-state index contributed by atoms with van der Waals surface area (Å²) in [6.45, 7) is 0. The third-order valence-corrected chi connectivity index (χ3v) is 1.24. The highest BCUT2D eigenvalue weighted by Gasteiger charge is 1.94. The predicted octanol–water partition coefficient (Wildman–Crippen LogP) is 1.38. The minimum atomic E-state index is -0.258. The molecule has 0 amide bonds. The van der Waals surface area contributed by atoms with Crippen molar-refractivity contribution in [3.63, 3.8) is 0 Å². The molecule has 3 heteroatoms. The topological polar surface area (TPSA) is 24.4 Å². The second-order valence-corrected chi connectivity index (χ2v) is 2.00. The molecule has 0 aromatic heterocycles. The molecule has 1 N–H and O–H groups in total. The number of rotatable bonds is 2. The number of hydrogen-bond donors (Lipinski definition) is 1. The summed E-state index contributed by atoms with van der Waals surface area (Å²) in [7, 11) is 1.66. The van der Waals surface area contributed by atoms with Crippen LogP contribution in [0.25, 0.3) is 0 Å².